The normalized spacial score (nSPS) is 10.8. The van der Waals surface area contributed by atoms with E-state index in [4.69, 9.17) is 27.7 Å². The molecular formula is C17H17N3OS. The Bertz CT molecular complexity index is 854. The highest BCUT2D eigenvalue weighted by atomic mass is 32.1. The van der Waals surface area contributed by atoms with Gasteiger partial charge in [0.2, 0.25) is 0 Å². The van der Waals surface area contributed by atoms with Crippen LogP contribution in [-0.4, -0.2) is 21.5 Å². The zero-order valence-electron chi connectivity index (χ0n) is 12.5. The number of benzene rings is 1. The van der Waals surface area contributed by atoms with Crippen molar-refractivity contribution in [2.24, 2.45) is 5.73 Å². The van der Waals surface area contributed by atoms with Gasteiger partial charge in [0.1, 0.15) is 11.4 Å². The third-order valence-electron chi connectivity index (χ3n) is 3.64. The molecule has 0 amide bonds. The molecule has 3 aromatic rings. The summed E-state index contributed by atoms with van der Waals surface area (Å²) in [6, 6.07) is 13.9. The summed E-state index contributed by atoms with van der Waals surface area (Å²) in [5.41, 5.74) is 10.6. The van der Waals surface area contributed by atoms with E-state index in [1.54, 1.807) is 7.11 Å². The molecule has 0 atom stereocenters. The van der Waals surface area contributed by atoms with Crippen LogP contribution in [0.1, 0.15) is 11.4 Å². The average Bonchev–Trinajstić information content (AvgIpc) is 2.86. The lowest BCUT2D eigenvalue weighted by molar-refractivity contribution is 0.416. The highest BCUT2D eigenvalue weighted by Crippen LogP contribution is 2.32. The Morgan fingerprint density at radius 2 is 2.00 bits per heavy atom. The lowest BCUT2D eigenvalue weighted by Gasteiger charge is -2.09. The van der Waals surface area contributed by atoms with Crippen LogP contribution in [-0.2, 0) is 6.42 Å². The predicted molar refractivity (Wildman–Crippen MR) is 92.4 cm³/mol. The molecule has 0 saturated heterocycles. The summed E-state index contributed by atoms with van der Waals surface area (Å²) in [5.74, 6) is 0.785. The fourth-order valence-corrected chi connectivity index (χ4v) is 2.85. The Labute approximate surface area is 134 Å². The minimum absolute atomic E-state index is 0.446. The second-order valence-electron chi connectivity index (χ2n) is 5.11. The van der Waals surface area contributed by atoms with Gasteiger partial charge < -0.3 is 14.9 Å². The van der Waals surface area contributed by atoms with Crippen LogP contribution >= 0.6 is 12.2 Å². The highest BCUT2D eigenvalue weighted by molar-refractivity contribution is 7.80. The maximum absolute atomic E-state index is 5.80. The molecule has 0 saturated carbocycles. The number of fused-ring (bicyclic) bond motifs is 1. The molecule has 22 heavy (non-hydrogen) atoms. The summed E-state index contributed by atoms with van der Waals surface area (Å²) in [4.78, 5) is 5.22. The van der Waals surface area contributed by atoms with E-state index in [9.17, 15) is 0 Å². The molecule has 1 aromatic carbocycles. The van der Waals surface area contributed by atoms with Crippen LogP contribution in [0.25, 0.3) is 16.9 Å². The number of pyridine rings is 1. The number of hydrogen-bond donors (Lipinski definition) is 1. The molecule has 0 aliphatic rings. The van der Waals surface area contributed by atoms with Crippen LogP contribution in [0.5, 0.6) is 5.75 Å². The molecule has 0 bridgehead atoms. The molecular weight excluding hydrogens is 294 g/mol. The maximum Gasteiger partial charge on any atom is 0.137 e. The zero-order chi connectivity index (χ0) is 15.7. The summed E-state index contributed by atoms with van der Waals surface area (Å²) in [7, 11) is 1.66. The first-order valence-corrected chi connectivity index (χ1v) is 7.41. The van der Waals surface area contributed by atoms with Crippen molar-refractivity contribution < 1.29 is 4.74 Å². The van der Waals surface area contributed by atoms with Crippen LogP contribution < -0.4 is 10.5 Å². The number of para-hydroxylation sites is 1. The quantitative estimate of drug-likeness (QED) is 0.752. The van der Waals surface area contributed by atoms with E-state index in [-0.39, 0.29) is 0 Å². The molecule has 112 valence electrons. The average molecular weight is 311 g/mol. The predicted octanol–water partition coefficient (Wildman–Crippen LogP) is 3.15. The van der Waals surface area contributed by atoms with E-state index in [1.807, 2.05) is 49.4 Å². The number of thiocarbonyl (C=S) groups is 1. The number of rotatable bonds is 4. The summed E-state index contributed by atoms with van der Waals surface area (Å²) in [6.45, 7) is 2.05. The Morgan fingerprint density at radius 3 is 2.73 bits per heavy atom. The molecule has 0 radical (unpaired) electrons. The molecule has 0 aliphatic heterocycles. The number of methoxy groups -OCH3 is 1. The summed E-state index contributed by atoms with van der Waals surface area (Å²) >= 11 is 5.13. The van der Waals surface area contributed by atoms with Crippen molar-refractivity contribution in [2.75, 3.05) is 7.11 Å². The van der Waals surface area contributed by atoms with E-state index in [2.05, 4.69) is 4.40 Å². The van der Waals surface area contributed by atoms with E-state index in [0.717, 1.165) is 34.0 Å². The Morgan fingerprint density at radius 1 is 1.23 bits per heavy atom. The number of nitrogens with two attached hydrogens (primary N) is 1. The highest BCUT2D eigenvalue weighted by Gasteiger charge is 2.18. The molecule has 4 nitrogen and oxygen atoms in total. The van der Waals surface area contributed by atoms with Crippen molar-refractivity contribution in [2.45, 2.75) is 13.3 Å². The molecule has 0 unspecified atom stereocenters. The lowest BCUT2D eigenvalue weighted by Crippen LogP contribution is -2.14. The standard InChI is InChI=1S/C17H17N3OS/c1-11-6-5-9-16-19-17(13(20(11)16)10-15(18)22)12-7-3-4-8-14(12)21-2/h3-9H,10H2,1-2H3,(H2,18,22). The van der Waals surface area contributed by atoms with Crippen molar-refractivity contribution in [3.8, 4) is 17.0 Å². The topological polar surface area (TPSA) is 52.5 Å². The first-order chi connectivity index (χ1) is 10.6. The van der Waals surface area contributed by atoms with Gasteiger partial charge in [-0.25, -0.2) is 4.98 Å². The van der Waals surface area contributed by atoms with Crippen LogP contribution in [0.15, 0.2) is 42.5 Å². The minimum atomic E-state index is 0.446. The molecule has 2 heterocycles. The second-order valence-corrected chi connectivity index (χ2v) is 5.64. The van der Waals surface area contributed by atoms with E-state index >= 15 is 0 Å². The number of imidazole rings is 1. The van der Waals surface area contributed by atoms with Crippen molar-refractivity contribution >= 4 is 22.9 Å². The lowest BCUT2D eigenvalue weighted by atomic mass is 10.1. The van der Waals surface area contributed by atoms with Gasteiger partial charge in [-0.3, -0.25) is 0 Å². The summed E-state index contributed by atoms with van der Waals surface area (Å²) in [5, 5.41) is 0. The van der Waals surface area contributed by atoms with Gasteiger partial charge in [0.25, 0.3) is 0 Å². The van der Waals surface area contributed by atoms with Crippen molar-refractivity contribution in [1.29, 1.82) is 0 Å². The number of ether oxygens (including phenoxy) is 1. The number of aryl methyl sites for hydroxylation is 1. The Kier molecular flexibility index (Phi) is 3.81. The third kappa shape index (κ3) is 2.44. The first-order valence-electron chi connectivity index (χ1n) is 7.00. The van der Waals surface area contributed by atoms with E-state index in [0.29, 0.717) is 11.4 Å². The monoisotopic (exact) mass is 311 g/mol. The smallest absolute Gasteiger partial charge is 0.137 e. The molecule has 0 spiro atoms. The van der Waals surface area contributed by atoms with E-state index < -0.39 is 0 Å². The van der Waals surface area contributed by atoms with Crippen molar-refractivity contribution in [3.05, 3.63) is 53.9 Å². The summed E-state index contributed by atoms with van der Waals surface area (Å²) < 4.78 is 7.57. The number of hydrogen-bond acceptors (Lipinski definition) is 3. The fraction of sp³-hybridized carbons (Fsp3) is 0.176. The molecule has 0 fully saturated rings. The largest absolute Gasteiger partial charge is 0.496 e. The molecule has 2 aromatic heterocycles. The maximum atomic E-state index is 5.80. The van der Waals surface area contributed by atoms with Gasteiger partial charge in [0.15, 0.2) is 0 Å². The molecule has 5 heteroatoms. The second kappa shape index (κ2) is 5.77. The van der Waals surface area contributed by atoms with Crippen molar-refractivity contribution in [1.82, 2.24) is 9.38 Å². The molecule has 0 aliphatic carbocycles. The SMILES string of the molecule is COc1ccccc1-c1nc2cccc(C)n2c1CC(N)=S. The fourth-order valence-electron chi connectivity index (χ4n) is 2.71. The van der Waals surface area contributed by atoms with Gasteiger partial charge in [0, 0.05) is 17.7 Å². The Hall–Kier alpha value is -2.40. The van der Waals surface area contributed by atoms with Gasteiger partial charge in [-0.2, -0.15) is 0 Å². The van der Waals surface area contributed by atoms with E-state index in [1.165, 1.54) is 0 Å². The van der Waals surface area contributed by atoms with Crippen LogP contribution in [0.3, 0.4) is 0 Å². The van der Waals surface area contributed by atoms with Crippen molar-refractivity contribution in [3.63, 3.8) is 0 Å². The summed E-state index contributed by atoms with van der Waals surface area (Å²) in [6.07, 6.45) is 0.495. The van der Waals surface area contributed by atoms with Gasteiger partial charge in [-0.15, -0.1) is 0 Å². The molecule has 3 rings (SSSR count). The van der Waals surface area contributed by atoms with Gasteiger partial charge in [-0.05, 0) is 31.2 Å². The van der Waals surface area contributed by atoms with Gasteiger partial charge in [-0.1, -0.05) is 30.4 Å². The minimum Gasteiger partial charge on any atom is -0.496 e. The van der Waals surface area contributed by atoms with Crippen LogP contribution in [0, 0.1) is 6.92 Å². The third-order valence-corrected chi connectivity index (χ3v) is 3.78. The van der Waals surface area contributed by atoms with Gasteiger partial charge in [0.05, 0.1) is 23.5 Å². The van der Waals surface area contributed by atoms with Crippen LogP contribution in [0.2, 0.25) is 0 Å². The Balaban J connectivity index is 2.33. The first kappa shape index (κ1) is 14.5. The number of aromatic nitrogens is 2. The van der Waals surface area contributed by atoms with Gasteiger partial charge >= 0.3 is 0 Å². The number of nitrogens with zero attached hydrogens (tertiary/aromatic N) is 2. The van der Waals surface area contributed by atoms with Crippen LogP contribution in [0.4, 0.5) is 0 Å². The zero-order valence-corrected chi connectivity index (χ0v) is 13.4. The molecule has 2 N–H and O–H groups in total.